The van der Waals surface area contributed by atoms with E-state index in [4.69, 9.17) is 14.2 Å². The SMILES string of the molecule is COc1ccc(C(=O)Oc2cc(/C=N\NC(=O)CCc3cc(C(C)(C)C)c(O)c(C(C)(C)C)c3)ccc2OC)cc1. The number of esters is 1. The van der Waals surface area contributed by atoms with Gasteiger partial charge in [0, 0.05) is 6.42 Å². The number of aromatic hydroxyl groups is 1. The van der Waals surface area contributed by atoms with Crippen LogP contribution in [0.25, 0.3) is 0 Å². The summed E-state index contributed by atoms with van der Waals surface area (Å²) in [5, 5.41) is 15.0. The lowest BCUT2D eigenvalue weighted by atomic mass is 9.78. The van der Waals surface area contributed by atoms with Crippen molar-refractivity contribution in [3.05, 3.63) is 82.4 Å². The van der Waals surface area contributed by atoms with Gasteiger partial charge in [-0.15, -0.1) is 0 Å². The zero-order valence-corrected chi connectivity index (χ0v) is 25.1. The number of aryl methyl sites for hydroxylation is 1. The lowest BCUT2D eigenvalue weighted by Gasteiger charge is -2.28. The number of methoxy groups -OCH3 is 2. The quantitative estimate of drug-likeness (QED) is 0.138. The molecule has 0 spiro atoms. The van der Waals surface area contributed by atoms with E-state index >= 15 is 0 Å². The molecule has 0 unspecified atom stereocenters. The molecule has 0 aliphatic rings. The normalized spacial score (nSPS) is 11.8. The Balaban J connectivity index is 1.67. The minimum atomic E-state index is -0.549. The van der Waals surface area contributed by atoms with E-state index in [0.29, 0.717) is 34.8 Å². The van der Waals surface area contributed by atoms with Crippen LogP contribution in [0.5, 0.6) is 23.0 Å². The number of nitrogens with one attached hydrogen (secondary N) is 1. The zero-order valence-electron chi connectivity index (χ0n) is 25.1. The summed E-state index contributed by atoms with van der Waals surface area (Å²) in [4.78, 5) is 25.2. The van der Waals surface area contributed by atoms with Crippen molar-refractivity contribution in [3.63, 3.8) is 0 Å². The van der Waals surface area contributed by atoms with E-state index in [9.17, 15) is 14.7 Å². The predicted octanol–water partition coefficient (Wildman–Crippen LogP) is 6.31. The molecule has 3 aromatic carbocycles. The van der Waals surface area contributed by atoms with Crippen LogP contribution in [0.2, 0.25) is 0 Å². The fraction of sp³-hybridized carbons (Fsp3) is 0.364. The van der Waals surface area contributed by atoms with Gasteiger partial charge in [-0.05, 0) is 82.0 Å². The van der Waals surface area contributed by atoms with Gasteiger partial charge in [0.05, 0.1) is 26.0 Å². The molecule has 2 N–H and O–H groups in total. The van der Waals surface area contributed by atoms with Crippen molar-refractivity contribution in [2.45, 2.75) is 65.2 Å². The van der Waals surface area contributed by atoms with E-state index in [1.165, 1.54) is 13.3 Å². The van der Waals surface area contributed by atoms with Crippen LogP contribution in [-0.4, -0.2) is 37.4 Å². The third-order valence-electron chi connectivity index (χ3n) is 6.55. The summed E-state index contributed by atoms with van der Waals surface area (Å²) in [7, 11) is 3.03. The molecule has 0 heterocycles. The molecule has 3 aromatic rings. The summed E-state index contributed by atoms with van der Waals surface area (Å²) in [6.45, 7) is 12.4. The van der Waals surface area contributed by atoms with Crippen molar-refractivity contribution in [1.82, 2.24) is 5.43 Å². The number of nitrogens with zero attached hydrogens (tertiary/aromatic N) is 1. The lowest BCUT2D eigenvalue weighted by Crippen LogP contribution is -2.20. The molecule has 0 saturated heterocycles. The van der Waals surface area contributed by atoms with E-state index in [0.717, 1.165) is 16.7 Å². The largest absolute Gasteiger partial charge is 0.507 e. The number of hydrogen-bond acceptors (Lipinski definition) is 7. The van der Waals surface area contributed by atoms with Crippen molar-refractivity contribution in [1.29, 1.82) is 0 Å². The average molecular weight is 561 g/mol. The molecule has 0 fully saturated rings. The molecule has 0 saturated carbocycles. The Kier molecular flexibility index (Phi) is 9.81. The number of phenolic OH excluding ortho intramolecular Hbond substituents is 1. The molecular weight excluding hydrogens is 520 g/mol. The second-order valence-corrected chi connectivity index (χ2v) is 11.9. The van der Waals surface area contributed by atoms with Crippen LogP contribution in [0.4, 0.5) is 0 Å². The first-order valence-electron chi connectivity index (χ1n) is 13.5. The first kappa shape index (κ1) is 31.2. The Labute approximate surface area is 242 Å². The Morgan fingerprint density at radius 1 is 0.854 bits per heavy atom. The molecule has 0 aliphatic carbocycles. The Hall–Kier alpha value is -4.33. The minimum Gasteiger partial charge on any atom is -0.507 e. The maximum atomic E-state index is 12.6. The number of phenols is 1. The van der Waals surface area contributed by atoms with Crippen LogP contribution >= 0.6 is 0 Å². The molecule has 0 radical (unpaired) electrons. The molecule has 0 aromatic heterocycles. The highest BCUT2D eigenvalue weighted by Crippen LogP contribution is 2.40. The van der Waals surface area contributed by atoms with Gasteiger partial charge in [-0.2, -0.15) is 5.10 Å². The number of amides is 1. The number of hydrazone groups is 1. The van der Waals surface area contributed by atoms with Gasteiger partial charge in [0.25, 0.3) is 0 Å². The number of rotatable bonds is 9. The van der Waals surface area contributed by atoms with Gasteiger partial charge in [0.15, 0.2) is 11.5 Å². The molecule has 8 heteroatoms. The molecule has 3 rings (SSSR count). The van der Waals surface area contributed by atoms with Gasteiger partial charge in [-0.1, -0.05) is 53.7 Å². The Morgan fingerprint density at radius 3 is 2.00 bits per heavy atom. The third-order valence-corrected chi connectivity index (χ3v) is 6.55. The van der Waals surface area contributed by atoms with Crippen molar-refractivity contribution in [2.24, 2.45) is 5.10 Å². The summed E-state index contributed by atoms with van der Waals surface area (Å²) in [5.74, 6) is 0.755. The molecule has 1 amide bonds. The fourth-order valence-corrected chi connectivity index (χ4v) is 4.21. The average Bonchev–Trinajstić information content (AvgIpc) is 2.91. The second kappa shape index (κ2) is 12.9. The van der Waals surface area contributed by atoms with Crippen LogP contribution in [0, 0.1) is 0 Å². The fourth-order valence-electron chi connectivity index (χ4n) is 4.21. The third kappa shape index (κ3) is 8.33. The van der Waals surface area contributed by atoms with Crippen molar-refractivity contribution >= 4 is 18.1 Å². The first-order valence-corrected chi connectivity index (χ1v) is 13.5. The van der Waals surface area contributed by atoms with Gasteiger partial charge >= 0.3 is 5.97 Å². The van der Waals surface area contributed by atoms with E-state index in [2.05, 4.69) is 52.1 Å². The summed E-state index contributed by atoms with van der Waals surface area (Å²) < 4.78 is 16.0. The smallest absolute Gasteiger partial charge is 0.343 e. The molecule has 0 aliphatic heterocycles. The standard InChI is InChI=1S/C33H40N2O6/c1-32(2,3)25-17-21(18-26(30(25)37)33(4,5)6)10-16-29(36)35-34-20-22-9-15-27(40-8)28(19-22)41-31(38)23-11-13-24(39-7)14-12-23/h9,11-15,17-20,37H,10,16H2,1-8H3,(H,35,36)/b34-20-. The van der Waals surface area contributed by atoms with E-state index in [-0.39, 0.29) is 28.9 Å². The second-order valence-electron chi connectivity index (χ2n) is 11.9. The van der Waals surface area contributed by atoms with Gasteiger partial charge in [0.2, 0.25) is 5.91 Å². The number of benzene rings is 3. The minimum absolute atomic E-state index is 0.222. The Bertz CT molecular complexity index is 1380. The highest BCUT2D eigenvalue weighted by molar-refractivity contribution is 5.92. The van der Waals surface area contributed by atoms with Crippen LogP contribution in [0.1, 0.15) is 80.6 Å². The van der Waals surface area contributed by atoms with Gasteiger partial charge in [-0.25, -0.2) is 10.2 Å². The summed E-state index contributed by atoms with van der Waals surface area (Å²) >= 11 is 0. The van der Waals surface area contributed by atoms with Crippen LogP contribution in [-0.2, 0) is 22.0 Å². The molecule has 0 atom stereocenters. The number of ether oxygens (including phenoxy) is 3. The van der Waals surface area contributed by atoms with E-state index in [1.54, 1.807) is 49.6 Å². The van der Waals surface area contributed by atoms with Crippen LogP contribution < -0.4 is 19.6 Å². The van der Waals surface area contributed by atoms with Crippen molar-refractivity contribution in [2.75, 3.05) is 14.2 Å². The molecule has 8 nitrogen and oxygen atoms in total. The number of carbonyl (C=O) groups is 2. The van der Waals surface area contributed by atoms with Crippen LogP contribution in [0.15, 0.2) is 59.7 Å². The predicted molar refractivity (Wildman–Crippen MR) is 161 cm³/mol. The van der Waals surface area contributed by atoms with Crippen molar-refractivity contribution < 1.29 is 28.9 Å². The summed E-state index contributed by atoms with van der Waals surface area (Å²) in [6.07, 6.45) is 2.20. The highest BCUT2D eigenvalue weighted by atomic mass is 16.6. The topological polar surface area (TPSA) is 106 Å². The highest BCUT2D eigenvalue weighted by Gasteiger charge is 2.26. The van der Waals surface area contributed by atoms with Crippen molar-refractivity contribution in [3.8, 4) is 23.0 Å². The molecule has 218 valence electrons. The maximum Gasteiger partial charge on any atom is 0.343 e. The number of carbonyl (C=O) groups excluding carboxylic acids is 2. The maximum absolute atomic E-state index is 12.6. The number of hydrogen-bond donors (Lipinski definition) is 2. The van der Waals surface area contributed by atoms with Gasteiger partial charge in [0.1, 0.15) is 11.5 Å². The Morgan fingerprint density at radius 2 is 1.46 bits per heavy atom. The molecular formula is C33H40N2O6. The van der Waals surface area contributed by atoms with E-state index in [1.807, 2.05) is 12.1 Å². The first-order chi connectivity index (χ1) is 19.2. The lowest BCUT2D eigenvalue weighted by molar-refractivity contribution is -0.121. The molecule has 0 bridgehead atoms. The zero-order chi connectivity index (χ0) is 30.4. The summed E-state index contributed by atoms with van der Waals surface area (Å²) in [5.41, 5.74) is 5.74. The van der Waals surface area contributed by atoms with E-state index < -0.39 is 5.97 Å². The molecule has 41 heavy (non-hydrogen) atoms. The van der Waals surface area contributed by atoms with Gasteiger partial charge < -0.3 is 19.3 Å². The van der Waals surface area contributed by atoms with Crippen LogP contribution in [0.3, 0.4) is 0 Å². The monoisotopic (exact) mass is 560 g/mol. The van der Waals surface area contributed by atoms with Gasteiger partial charge in [-0.3, -0.25) is 4.79 Å². The summed E-state index contributed by atoms with van der Waals surface area (Å²) in [6, 6.07) is 15.5.